The van der Waals surface area contributed by atoms with E-state index in [1.54, 1.807) is 0 Å². The molecule has 0 saturated carbocycles. The highest BCUT2D eigenvalue weighted by atomic mass is 16.5. The molecular formula is C16H26N2O. The van der Waals surface area contributed by atoms with Crippen LogP contribution in [0.25, 0.3) is 0 Å². The predicted octanol–water partition coefficient (Wildman–Crippen LogP) is 2.81. The van der Waals surface area contributed by atoms with Crippen LogP contribution in [0.5, 0.6) is 5.75 Å². The summed E-state index contributed by atoms with van der Waals surface area (Å²) in [4.78, 5) is 2.28. The lowest BCUT2D eigenvalue weighted by Crippen LogP contribution is -2.19. The molecule has 0 aromatic heterocycles. The first kappa shape index (κ1) is 15.7. The van der Waals surface area contributed by atoms with E-state index in [9.17, 15) is 0 Å². The molecule has 0 fully saturated rings. The fourth-order valence-corrected chi connectivity index (χ4v) is 1.88. The van der Waals surface area contributed by atoms with Crippen LogP contribution < -0.4 is 10.5 Å². The van der Waals surface area contributed by atoms with Gasteiger partial charge in [-0.05, 0) is 50.6 Å². The Morgan fingerprint density at radius 1 is 1.21 bits per heavy atom. The lowest BCUT2D eigenvalue weighted by molar-refractivity contribution is 0.296. The molecular weight excluding hydrogens is 236 g/mol. The Morgan fingerprint density at radius 3 is 2.58 bits per heavy atom. The van der Waals surface area contributed by atoms with Crippen LogP contribution in [-0.4, -0.2) is 31.6 Å². The van der Waals surface area contributed by atoms with Gasteiger partial charge >= 0.3 is 0 Å². The van der Waals surface area contributed by atoms with E-state index in [4.69, 9.17) is 10.5 Å². The fraction of sp³-hybridized carbons (Fsp3) is 0.500. The van der Waals surface area contributed by atoms with Gasteiger partial charge < -0.3 is 15.4 Å². The van der Waals surface area contributed by atoms with E-state index in [-0.39, 0.29) is 0 Å². The molecule has 0 aliphatic heterocycles. The predicted molar refractivity (Wildman–Crippen MR) is 81.4 cm³/mol. The van der Waals surface area contributed by atoms with Gasteiger partial charge in [-0.1, -0.05) is 18.2 Å². The third-order valence-electron chi connectivity index (χ3n) is 3.05. The molecule has 0 amide bonds. The normalized spacial score (nSPS) is 10.7. The van der Waals surface area contributed by atoms with Crippen LogP contribution >= 0.6 is 0 Å². The summed E-state index contributed by atoms with van der Waals surface area (Å²) in [5.74, 6) is 0.931. The lowest BCUT2D eigenvalue weighted by atomic mass is 10.2. The van der Waals surface area contributed by atoms with Crippen LogP contribution in [0.15, 0.2) is 36.9 Å². The fourth-order valence-electron chi connectivity index (χ4n) is 1.88. The zero-order chi connectivity index (χ0) is 13.9. The largest absolute Gasteiger partial charge is 0.494 e. The molecule has 106 valence electrons. The van der Waals surface area contributed by atoms with Gasteiger partial charge in [-0.3, -0.25) is 0 Å². The van der Waals surface area contributed by atoms with E-state index in [0.29, 0.717) is 6.54 Å². The van der Waals surface area contributed by atoms with Crippen molar-refractivity contribution in [2.45, 2.75) is 25.8 Å². The molecule has 0 aliphatic carbocycles. The maximum absolute atomic E-state index is 5.69. The van der Waals surface area contributed by atoms with Crippen molar-refractivity contribution in [1.82, 2.24) is 4.90 Å². The highest BCUT2D eigenvalue weighted by molar-refractivity contribution is 5.26. The Labute approximate surface area is 117 Å². The van der Waals surface area contributed by atoms with Gasteiger partial charge in [0, 0.05) is 13.1 Å². The summed E-state index contributed by atoms with van der Waals surface area (Å²) >= 11 is 0. The monoisotopic (exact) mass is 262 g/mol. The molecule has 0 heterocycles. The Balaban J connectivity index is 2.05. The van der Waals surface area contributed by atoms with Crippen LogP contribution in [-0.2, 0) is 6.54 Å². The topological polar surface area (TPSA) is 38.5 Å². The summed E-state index contributed by atoms with van der Waals surface area (Å²) in [6, 6.07) is 8.00. The van der Waals surface area contributed by atoms with Crippen molar-refractivity contribution >= 4 is 0 Å². The molecule has 19 heavy (non-hydrogen) atoms. The van der Waals surface area contributed by atoms with Crippen LogP contribution in [0.2, 0.25) is 0 Å². The quantitative estimate of drug-likeness (QED) is 0.520. The van der Waals surface area contributed by atoms with Crippen LogP contribution in [0.4, 0.5) is 0 Å². The molecule has 0 spiro atoms. The summed E-state index contributed by atoms with van der Waals surface area (Å²) in [6.45, 7) is 7.19. The Bertz CT molecular complexity index is 348. The smallest absolute Gasteiger partial charge is 0.119 e. The van der Waals surface area contributed by atoms with Gasteiger partial charge in [0.05, 0.1) is 6.61 Å². The minimum Gasteiger partial charge on any atom is -0.494 e. The molecule has 0 aliphatic rings. The van der Waals surface area contributed by atoms with Crippen LogP contribution in [0.1, 0.15) is 24.8 Å². The van der Waals surface area contributed by atoms with Crippen LogP contribution in [0, 0.1) is 0 Å². The van der Waals surface area contributed by atoms with E-state index in [1.165, 1.54) is 12.8 Å². The number of rotatable bonds is 10. The number of unbranched alkanes of at least 4 members (excludes halogenated alkanes) is 2. The molecule has 1 aromatic rings. The highest BCUT2D eigenvalue weighted by Crippen LogP contribution is 2.12. The highest BCUT2D eigenvalue weighted by Gasteiger charge is 1.97. The summed E-state index contributed by atoms with van der Waals surface area (Å²) in [7, 11) is 2.12. The van der Waals surface area contributed by atoms with E-state index < -0.39 is 0 Å². The maximum atomic E-state index is 5.69. The summed E-state index contributed by atoms with van der Waals surface area (Å²) in [5, 5.41) is 0. The second-order valence-corrected chi connectivity index (χ2v) is 4.81. The molecule has 0 atom stereocenters. The molecule has 2 N–H and O–H groups in total. The van der Waals surface area contributed by atoms with Crippen molar-refractivity contribution in [3.05, 3.63) is 42.5 Å². The molecule has 3 nitrogen and oxygen atoms in total. The van der Waals surface area contributed by atoms with E-state index in [1.807, 2.05) is 30.3 Å². The van der Waals surface area contributed by atoms with Crippen molar-refractivity contribution in [2.24, 2.45) is 5.73 Å². The van der Waals surface area contributed by atoms with Crippen LogP contribution in [0.3, 0.4) is 0 Å². The molecule has 0 saturated heterocycles. The zero-order valence-electron chi connectivity index (χ0n) is 12.0. The second kappa shape index (κ2) is 9.59. The van der Waals surface area contributed by atoms with Crippen molar-refractivity contribution in [3.8, 4) is 5.75 Å². The zero-order valence-corrected chi connectivity index (χ0v) is 12.0. The average Bonchev–Trinajstić information content (AvgIpc) is 2.43. The lowest BCUT2D eigenvalue weighted by Gasteiger charge is -2.13. The third-order valence-corrected chi connectivity index (χ3v) is 3.05. The number of benzene rings is 1. The van der Waals surface area contributed by atoms with Crippen molar-refractivity contribution in [2.75, 3.05) is 26.7 Å². The van der Waals surface area contributed by atoms with Crippen molar-refractivity contribution < 1.29 is 4.74 Å². The Kier molecular flexibility index (Phi) is 7.94. The first-order valence-corrected chi connectivity index (χ1v) is 6.97. The maximum Gasteiger partial charge on any atom is 0.119 e. The first-order valence-electron chi connectivity index (χ1n) is 6.97. The average molecular weight is 262 g/mol. The number of hydrogen-bond donors (Lipinski definition) is 1. The van der Waals surface area contributed by atoms with Gasteiger partial charge in [0.25, 0.3) is 0 Å². The van der Waals surface area contributed by atoms with E-state index in [2.05, 4.69) is 18.5 Å². The molecule has 1 rings (SSSR count). The molecule has 0 radical (unpaired) electrons. The van der Waals surface area contributed by atoms with E-state index in [0.717, 1.165) is 37.4 Å². The minimum atomic E-state index is 0.582. The standard InChI is InChI=1S/C16H26N2O/c1-3-11-18(2)12-5-4-6-13-19-16-9-7-15(14-17)8-10-16/h3,7-10H,1,4-6,11-14,17H2,2H3. The van der Waals surface area contributed by atoms with Crippen molar-refractivity contribution in [3.63, 3.8) is 0 Å². The van der Waals surface area contributed by atoms with Gasteiger partial charge in [0.2, 0.25) is 0 Å². The van der Waals surface area contributed by atoms with Gasteiger partial charge in [-0.15, -0.1) is 6.58 Å². The molecule has 0 unspecified atom stereocenters. The molecule has 3 heteroatoms. The number of nitrogens with zero attached hydrogens (tertiary/aromatic N) is 1. The number of likely N-dealkylation sites (N-methyl/N-ethyl adjacent to an activating group) is 1. The summed E-state index contributed by atoms with van der Waals surface area (Å²) < 4.78 is 5.69. The van der Waals surface area contributed by atoms with Gasteiger partial charge in [-0.2, -0.15) is 0 Å². The molecule has 1 aromatic carbocycles. The number of nitrogens with two attached hydrogens (primary N) is 1. The van der Waals surface area contributed by atoms with E-state index >= 15 is 0 Å². The van der Waals surface area contributed by atoms with Gasteiger partial charge in [0.1, 0.15) is 5.75 Å². The SMILES string of the molecule is C=CCN(C)CCCCCOc1ccc(CN)cc1. The van der Waals surface area contributed by atoms with Gasteiger partial charge in [0.15, 0.2) is 0 Å². The number of ether oxygens (including phenoxy) is 1. The third kappa shape index (κ3) is 6.99. The second-order valence-electron chi connectivity index (χ2n) is 4.81. The minimum absolute atomic E-state index is 0.582. The Hall–Kier alpha value is -1.32. The summed E-state index contributed by atoms with van der Waals surface area (Å²) in [5.41, 5.74) is 6.69. The Morgan fingerprint density at radius 2 is 1.95 bits per heavy atom. The number of hydrogen-bond acceptors (Lipinski definition) is 3. The van der Waals surface area contributed by atoms with Gasteiger partial charge in [-0.25, -0.2) is 0 Å². The summed E-state index contributed by atoms with van der Waals surface area (Å²) in [6.07, 6.45) is 5.44. The first-order chi connectivity index (χ1) is 9.26. The van der Waals surface area contributed by atoms with Crippen molar-refractivity contribution in [1.29, 1.82) is 0 Å². The molecule has 0 bridgehead atoms.